The SMILES string of the molecule is CCCCC(C)(OC)C(=O)Nc1ccc(OCCN(C)C)cc1. The third-order valence-electron chi connectivity index (χ3n) is 3.86. The molecule has 1 amide bonds. The molecule has 0 saturated heterocycles. The lowest BCUT2D eigenvalue weighted by Gasteiger charge is -2.26. The molecule has 1 aromatic carbocycles. The maximum Gasteiger partial charge on any atom is 0.256 e. The van der Waals surface area contributed by atoms with Crippen molar-refractivity contribution in [1.29, 1.82) is 0 Å². The van der Waals surface area contributed by atoms with E-state index in [1.54, 1.807) is 7.11 Å². The second kappa shape index (κ2) is 9.53. The summed E-state index contributed by atoms with van der Waals surface area (Å²) in [5.41, 5.74) is -0.0496. The number of hydrogen-bond acceptors (Lipinski definition) is 4. The van der Waals surface area contributed by atoms with Crippen LogP contribution in [0.15, 0.2) is 24.3 Å². The van der Waals surface area contributed by atoms with Gasteiger partial charge in [0, 0.05) is 19.3 Å². The minimum absolute atomic E-state index is 0.116. The molecule has 0 aliphatic carbocycles. The van der Waals surface area contributed by atoms with Crippen molar-refractivity contribution in [2.75, 3.05) is 39.7 Å². The highest BCUT2D eigenvalue weighted by Gasteiger charge is 2.32. The first-order chi connectivity index (χ1) is 10.9. The van der Waals surface area contributed by atoms with Crippen molar-refractivity contribution >= 4 is 11.6 Å². The summed E-state index contributed by atoms with van der Waals surface area (Å²) >= 11 is 0. The van der Waals surface area contributed by atoms with Gasteiger partial charge in [-0.2, -0.15) is 0 Å². The summed E-state index contributed by atoms with van der Waals surface area (Å²) in [6, 6.07) is 7.42. The number of hydrogen-bond donors (Lipinski definition) is 1. The number of nitrogens with zero attached hydrogens (tertiary/aromatic N) is 1. The van der Waals surface area contributed by atoms with Gasteiger partial charge >= 0.3 is 0 Å². The molecule has 0 aromatic heterocycles. The van der Waals surface area contributed by atoms with E-state index >= 15 is 0 Å². The first kappa shape index (κ1) is 19.5. The fourth-order valence-corrected chi connectivity index (χ4v) is 2.07. The fraction of sp³-hybridized carbons (Fsp3) is 0.611. The average molecular weight is 322 g/mol. The monoisotopic (exact) mass is 322 g/mol. The normalized spacial score (nSPS) is 13.7. The van der Waals surface area contributed by atoms with Crippen molar-refractivity contribution in [3.05, 3.63) is 24.3 Å². The molecule has 0 fully saturated rings. The van der Waals surface area contributed by atoms with Crippen LogP contribution >= 0.6 is 0 Å². The summed E-state index contributed by atoms with van der Waals surface area (Å²) < 4.78 is 11.1. The first-order valence-electron chi connectivity index (χ1n) is 8.15. The van der Waals surface area contributed by atoms with Crippen LogP contribution in [0.1, 0.15) is 33.1 Å². The van der Waals surface area contributed by atoms with Gasteiger partial charge < -0.3 is 19.7 Å². The molecule has 0 aliphatic rings. The van der Waals surface area contributed by atoms with Crippen LogP contribution in [0, 0.1) is 0 Å². The maximum atomic E-state index is 12.4. The van der Waals surface area contributed by atoms with Gasteiger partial charge in [0.05, 0.1) is 0 Å². The molecule has 1 aromatic rings. The zero-order chi connectivity index (χ0) is 17.3. The zero-order valence-electron chi connectivity index (χ0n) is 15.0. The number of nitrogens with one attached hydrogen (secondary N) is 1. The Hall–Kier alpha value is -1.59. The van der Waals surface area contributed by atoms with E-state index in [-0.39, 0.29) is 5.91 Å². The third kappa shape index (κ3) is 6.59. The molecule has 0 radical (unpaired) electrons. The van der Waals surface area contributed by atoms with E-state index in [0.717, 1.165) is 30.8 Å². The van der Waals surface area contributed by atoms with Gasteiger partial charge in [-0.1, -0.05) is 19.8 Å². The van der Waals surface area contributed by atoms with Crippen molar-refractivity contribution in [3.8, 4) is 5.75 Å². The Kier molecular flexibility index (Phi) is 8.06. The molecule has 0 saturated carbocycles. The van der Waals surface area contributed by atoms with Crippen LogP contribution in [0.4, 0.5) is 5.69 Å². The summed E-state index contributed by atoms with van der Waals surface area (Å²) in [7, 11) is 5.59. The second-order valence-electron chi connectivity index (χ2n) is 6.17. The lowest BCUT2D eigenvalue weighted by molar-refractivity contribution is -0.136. The predicted molar refractivity (Wildman–Crippen MR) is 94.1 cm³/mol. The van der Waals surface area contributed by atoms with Crippen molar-refractivity contribution in [1.82, 2.24) is 4.90 Å². The smallest absolute Gasteiger partial charge is 0.256 e. The van der Waals surface area contributed by atoms with Crippen LogP contribution in [-0.2, 0) is 9.53 Å². The molecule has 5 nitrogen and oxygen atoms in total. The molecular formula is C18H30N2O3. The van der Waals surface area contributed by atoms with Crippen LogP contribution < -0.4 is 10.1 Å². The quantitative estimate of drug-likeness (QED) is 0.719. The Morgan fingerprint density at radius 3 is 2.43 bits per heavy atom. The van der Waals surface area contributed by atoms with Gasteiger partial charge in [-0.05, 0) is 51.7 Å². The van der Waals surface area contributed by atoms with Gasteiger partial charge in [0.15, 0.2) is 0 Å². The van der Waals surface area contributed by atoms with Crippen LogP contribution in [0.25, 0.3) is 0 Å². The van der Waals surface area contributed by atoms with Crippen molar-refractivity contribution in [2.24, 2.45) is 0 Å². The van der Waals surface area contributed by atoms with Crippen molar-refractivity contribution < 1.29 is 14.3 Å². The Morgan fingerprint density at radius 2 is 1.91 bits per heavy atom. The fourth-order valence-electron chi connectivity index (χ4n) is 2.07. The number of unbranched alkanes of at least 4 members (excludes halogenated alkanes) is 1. The van der Waals surface area contributed by atoms with Gasteiger partial charge in [-0.3, -0.25) is 4.79 Å². The topological polar surface area (TPSA) is 50.8 Å². The zero-order valence-corrected chi connectivity index (χ0v) is 15.0. The van der Waals surface area contributed by atoms with Crippen LogP contribution in [-0.4, -0.2) is 50.8 Å². The van der Waals surface area contributed by atoms with E-state index in [2.05, 4.69) is 17.1 Å². The number of carbonyl (C=O) groups excluding carboxylic acids is 1. The summed E-state index contributed by atoms with van der Waals surface area (Å²) in [6.07, 6.45) is 2.69. The Balaban J connectivity index is 2.57. The van der Waals surface area contributed by atoms with Crippen LogP contribution in [0.5, 0.6) is 5.75 Å². The molecule has 5 heteroatoms. The van der Waals surface area contributed by atoms with E-state index in [1.807, 2.05) is 45.3 Å². The van der Waals surface area contributed by atoms with Gasteiger partial charge in [-0.15, -0.1) is 0 Å². The molecule has 1 rings (SSSR count). The van der Waals surface area contributed by atoms with Crippen LogP contribution in [0.3, 0.4) is 0 Å². The molecule has 1 atom stereocenters. The summed E-state index contributed by atoms with van der Waals surface area (Å²) in [4.78, 5) is 14.5. The van der Waals surface area contributed by atoms with E-state index in [0.29, 0.717) is 13.0 Å². The second-order valence-corrected chi connectivity index (χ2v) is 6.17. The number of benzene rings is 1. The number of anilines is 1. The predicted octanol–water partition coefficient (Wildman–Crippen LogP) is 3.16. The van der Waals surface area contributed by atoms with E-state index in [9.17, 15) is 4.79 Å². The van der Waals surface area contributed by atoms with Crippen molar-refractivity contribution in [2.45, 2.75) is 38.7 Å². The molecule has 0 aliphatic heterocycles. The van der Waals surface area contributed by atoms with Gasteiger partial charge in [-0.25, -0.2) is 0 Å². The summed E-state index contributed by atoms with van der Waals surface area (Å²) in [6.45, 7) is 5.43. The van der Waals surface area contributed by atoms with E-state index < -0.39 is 5.60 Å². The standard InChI is InChI=1S/C18H30N2O3/c1-6-7-12-18(2,22-5)17(21)19-15-8-10-16(11-9-15)23-14-13-20(3)4/h8-11H,6-7,12-14H2,1-5H3,(H,19,21). The highest BCUT2D eigenvalue weighted by atomic mass is 16.5. The Bertz CT molecular complexity index is 474. The Morgan fingerprint density at radius 1 is 1.26 bits per heavy atom. The molecule has 0 bridgehead atoms. The Labute approximate surface area is 140 Å². The molecule has 1 N–H and O–H groups in total. The lowest BCUT2D eigenvalue weighted by atomic mass is 9.97. The summed E-state index contributed by atoms with van der Waals surface area (Å²) in [5, 5.41) is 2.92. The number of amides is 1. The largest absolute Gasteiger partial charge is 0.492 e. The van der Waals surface area contributed by atoms with Crippen molar-refractivity contribution in [3.63, 3.8) is 0 Å². The van der Waals surface area contributed by atoms with Gasteiger partial charge in [0.1, 0.15) is 18.0 Å². The number of likely N-dealkylation sites (N-methyl/N-ethyl adjacent to an activating group) is 1. The molecule has 1 unspecified atom stereocenters. The lowest BCUT2D eigenvalue weighted by Crippen LogP contribution is -2.41. The van der Waals surface area contributed by atoms with Crippen LogP contribution in [0.2, 0.25) is 0 Å². The minimum Gasteiger partial charge on any atom is -0.492 e. The van der Waals surface area contributed by atoms with E-state index in [4.69, 9.17) is 9.47 Å². The number of carbonyl (C=O) groups is 1. The molecule has 130 valence electrons. The number of methoxy groups -OCH3 is 1. The van der Waals surface area contributed by atoms with E-state index in [1.165, 1.54) is 0 Å². The van der Waals surface area contributed by atoms with Gasteiger partial charge in [0.2, 0.25) is 0 Å². The van der Waals surface area contributed by atoms with Gasteiger partial charge in [0.25, 0.3) is 5.91 Å². The number of ether oxygens (including phenoxy) is 2. The highest BCUT2D eigenvalue weighted by molar-refractivity contribution is 5.97. The first-order valence-corrected chi connectivity index (χ1v) is 8.15. The maximum absolute atomic E-state index is 12.4. The molecular weight excluding hydrogens is 292 g/mol. The average Bonchev–Trinajstić information content (AvgIpc) is 2.53. The molecule has 0 spiro atoms. The molecule has 23 heavy (non-hydrogen) atoms. The highest BCUT2D eigenvalue weighted by Crippen LogP contribution is 2.22. The number of rotatable bonds is 10. The minimum atomic E-state index is -0.795. The molecule has 0 heterocycles. The third-order valence-corrected chi connectivity index (χ3v) is 3.86. The summed E-state index contributed by atoms with van der Waals surface area (Å²) in [5.74, 6) is 0.681.